The second kappa shape index (κ2) is 6.58. The van der Waals surface area contributed by atoms with E-state index in [2.05, 4.69) is 16.6 Å². The number of carbonyl (C=O) groups is 1. The van der Waals surface area contributed by atoms with E-state index in [1.807, 2.05) is 32.9 Å². The SMILES string of the molecule is COC(=O)C#C[C@H]1[C@H](C(C)C)N1S(=O)(=O)c1c(C)cc(C)cc1C. The molecular formula is C18H23NO4S. The van der Waals surface area contributed by atoms with Crippen LogP contribution in [0.2, 0.25) is 0 Å². The van der Waals surface area contributed by atoms with E-state index in [1.165, 1.54) is 11.4 Å². The van der Waals surface area contributed by atoms with Crippen molar-refractivity contribution in [1.82, 2.24) is 4.31 Å². The Morgan fingerprint density at radius 1 is 1.21 bits per heavy atom. The van der Waals surface area contributed by atoms with Gasteiger partial charge in [0, 0.05) is 5.92 Å². The number of ether oxygens (including phenoxy) is 1. The standard InChI is InChI=1S/C18H23NO4S/c1-11(2)17-15(7-8-16(20)23-6)19(17)24(21,22)18-13(4)9-12(3)10-14(18)5/h9-11,15,17H,1-6H3/t15-,17-,19?/m0/s1. The monoisotopic (exact) mass is 349 g/mol. The van der Waals surface area contributed by atoms with Crippen LogP contribution in [0.15, 0.2) is 17.0 Å². The Bertz CT molecular complexity index is 807. The molecule has 1 saturated heterocycles. The number of benzene rings is 1. The van der Waals surface area contributed by atoms with Gasteiger partial charge in [-0.3, -0.25) is 0 Å². The Hall–Kier alpha value is -1.84. The van der Waals surface area contributed by atoms with E-state index in [1.54, 1.807) is 13.8 Å². The van der Waals surface area contributed by atoms with Crippen LogP contribution in [0.5, 0.6) is 0 Å². The summed E-state index contributed by atoms with van der Waals surface area (Å²) in [5.74, 6) is 4.53. The van der Waals surface area contributed by atoms with Gasteiger partial charge in [0.2, 0.25) is 10.0 Å². The third-order valence-electron chi connectivity index (χ3n) is 4.13. The molecule has 130 valence electrons. The molecule has 0 aliphatic carbocycles. The predicted molar refractivity (Wildman–Crippen MR) is 91.9 cm³/mol. The molecule has 1 fully saturated rings. The van der Waals surface area contributed by atoms with E-state index in [4.69, 9.17) is 0 Å². The predicted octanol–water partition coefficient (Wildman–Crippen LogP) is 2.19. The molecular weight excluding hydrogens is 326 g/mol. The Balaban J connectivity index is 2.45. The molecule has 0 spiro atoms. The number of methoxy groups -OCH3 is 1. The summed E-state index contributed by atoms with van der Waals surface area (Å²) >= 11 is 0. The molecule has 0 N–H and O–H groups in total. The van der Waals surface area contributed by atoms with Crippen molar-refractivity contribution in [3.63, 3.8) is 0 Å². The number of carbonyl (C=O) groups excluding carboxylic acids is 1. The number of hydrogen-bond donors (Lipinski definition) is 0. The van der Waals surface area contributed by atoms with Crippen molar-refractivity contribution < 1.29 is 17.9 Å². The van der Waals surface area contributed by atoms with Gasteiger partial charge in [0.15, 0.2) is 0 Å². The van der Waals surface area contributed by atoms with Crippen LogP contribution < -0.4 is 0 Å². The number of nitrogens with zero attached hydrogens (tertiary/aromatic N) is 1. The molecule has 0 amide bonds. The van der Waals surface area contributed by atoms with E-state index in [0.29, 0.717) is 4.90 Å². The molecule has 1 aromatic rings. The second-order valence-corrected chi connectivity index (χ2v) is 8.28. The highest BCUT2D eigenvalue weighted by molar-refractivity contribution is 7.89. The number of aryl methyl sites for hydroxylation is 3. The first-order valence-electron chi connectivity index (χ1n) is 7.82. The van der Waals surface area contributed by atoms with Crippen LogP contribution in [0.3, 0.4) is 0 Å². The van der Waals surface area contributed by atoms with Gasteiger partial charge in [-0.25, -0.2) is 13.2 Å². The first-order valence-corrected chi connectivity index (χ1v) is 9.26. The maximum Gasteiger partial charge on any atom is 0.384 e. The lowest BCUT2D eigenvalue weighted by Crippen LogP contribution is -2.19. The van der Waals surface area contributed by atoms with E-state index in [9.17, 15) is 13.2 Å². The Kier molecular flexibility index (Phi) is 5.07. The third-order valence-corrected chi connectivity index (χ3v) is 6.32. The van der Waals surface area contributed by atoms with Crippen molar-refractivity contribution in [2.45, 2.75) is 51.6 Å². The van der Waals surface area contributed by atoms with Gasteiger partial charge < -0.3 is 4.74 Å². The van der Waals surface area contributed by atoms with E-state index in [0.717, 1.165) is 16.7 Å². The van der Waals surface area contributed by atoms with Gasteiger partial charge >= 0.3 is 5.97 Å². The summed E-state index contributed by atoms with van der Waals surface area (Å²) in [6.07, 6.45) is 0. The van der Waals surface area contributed by atoms with Gasteiger partial charge in [-0.2, -0.15) is 4.31 Å². The average molecular weight is 349 g/mol. The minimum atomic E-state index is -3.66. The normalized spacial score (nSPS) is 22.7. The Labute approximate surface area is 144 Å². The van der Waals surface area contributed by atoms with Crippen LogP contribution in [0, 0.1) is 38.5 Å². The fourth-order valence-electron chi connectivity index (χ4n) is 3.21. The quantitative estimate of drug-likeness (QED) is 0.363. The molecule has 3 atom stereocenters. The minimum Gasteiger partial charge on any atom is -0.459 e. The first kappa shape index (κ1) is 18.5. The summed E-state index contributed by atoms with van der Waals surface area (Å²) in [5.41, 5.74) is 2.47. The molecule has 1 unspecified atom stereocenters. The molecule has 1 aliphatic rings. The van der Waals surface area contributed by atoms with Crippen LogP contribution in [0.4, 0.5) is 0 Å². The molecule has 1 aromatic carbocycles. The van der Waals surface area contributed by atoms with Gasteiger partial charge in [0.25, 0.3) is 0 Å². The van der Waals surface area contributed by atoms with Crippen LogP contribution in [0.1, 0.15) is 30.5 Å². The summed E-state index contributed by atoms with van der Waals surface area (Å²) in [6, 6.07) is 3.01. The fourth-order valence-corrected chi connectivity index (χ4v) is 5.45. The van der Waals surface area contributed by atoms with Gasteiger partial charge in [0.1, 0.15) is 6.04 Å². The molecule has 0 bridgehead atoms. The van der Waals surface area contributed by atoms with Gasteiger partial charge in [-0.05, 0) is 37.8 Å². The molecule has 6 heteroatoms. The van der Waals surface area contributed by atoms with Crippen LogP contribution in [-0.4, -0.2) is 37.9 Å². The molecule has 5 nitrogen and oxygen atoms in total. The summed E-state index contributed by atoms with van der Waals surface area (Å²) in [7, 11) is -2.42. The average Bonchev–Trinajstić information content (AvgIpc) is 3.18. The van der Waals surface area contributed by atoms with Crippen molar-refractivity contribution >= 4 is 16.0 Å². The lowest BCUT2D eigenvalue weighted by molar-refractivity contribution is -0.133. The second-order valence-electron chi connectivity index (χ2n) is 6.50. The van der Waals surface area contributed by atoms with Crippen molar-refractivity contribution in [2.75, 3.05) is 7.11 Å². The van der Waals surface area contributed by atoms with Crippen molar-refractivity contribution in [2.24, 2.45) is 5.92 Å². The molecule has 1 heterocycles. The smallest absolute Gasteiger partial charge is 0.384 e. The molecule has 0 radical (unpaired) electrons. The lowest BCUT2D eigenvalue weighted by atomic mass is 10.1. The van der Waals surface area contributed by atoms with Crippen LogP contribution >= 0.6 is 0 Å². The van der Waals surface area contributed by atoms with Crippen LogP contribution in [-0.2, 0) is 19.6 Å². The third kappa shape index (κ3) is 3.33. The van der Waals surface area contributed by atoms with E-state index < -0.39 is 22.0 Å². The van der Waals surface area contributed by atoms with Gasteiger partial charge in [0.05, 0.1) is 18.0 Å². The molecule has 0 aromatic heterocycles. The lowest BCUT2D eigenvalue weighted by Gasteiger charge is -2.14. The molecule has 1 aliphatic heterocycles. The number of esters is 1. The Morgan fingerprint density at radius 3 is 2.21 bits per heavy atom. The van der Waals surface area contributed by atoms with E-state index in [-0.39, 0.29) is 12.0 Å². The first-order chi connectivity index (χ1) is 11.1. The number of sulfonamides is 1. The topological polar surface area (TPSA) is 63.5 Å². The zero-order valence-corrected chi connectivity index (χ0v) is 15.7. The zero-order chi connectivity index (χ0) is 18.2. The highest BCUT2D eigenvalue weighted by atomic mass is 32.2. The summed E-state index contributed by atoms with van der Waals surface area (Å²) in [4.78, 5) is 11.6. The molecule has 24 heavy (non-hydrogen) atoms. The van der Waals surface area contributed by atoms with Crippen molar-refractivity contribution in [3.8, 4) is 11.8 Å². The largest absolute Gasteiger partial charge is 0.459 e. The minimum absolute atomic E-state index is 0.0998. The molecule has 2 rings (SSSR count). The fraction of sp³-hybridized carbons (Fsp3) is 0.500. The Morgan fingerprint density at radius 2 is 1.75 bits per heavy atom. The number of rotatable bonds is 3. The molecule has 0 saturated carbocycles. The highest BCUT2D eigenvalue weighted by Gasteiger charge is 2.56. The summed E-state index contributed by atoms with van der Waals surface area (Å²) < 4.78 is 32.2. The van der Waals surface area contributed by atoms with Crippen LogP contribution in [0.25, 0.3) is 0 Å². The summed E-state index contributed by atoms with van der Waals surface area (Å²) in [5, 5.41) is 0. The maximum absolute atomic E-state index is 13.1. The van der Waals surface area contributed by atoms with Crippen molar-refractivity contribution in [3.05, 3.63) is 28.8 Å². The van der Waals surface area contributed by atoms with E-state index >= 15 is 0 Å². The van der Waals surface area contributed by atoms with Crippen molar-refractivity contribution in [1.29, 1.82) is 0 Å². The number of hydrogen-bond acceptors (Lipinski definition) is 4. The maximum atomic E-state index is 13.1. The van der Waals surface area contributed by atoms with Gasteiger partial charge in [-0.1, -0.05) is 37.5 Å². The zero-order valence-electron chi connectivity index (χ0n) is 14.9. The van der Waals surface area contributed by atoms with Gasteiger partial charge in [-0.15, -0.1) is 0 Å². The highest BCUT2D eigenvalue weighted by Crippen LogP contribution is 2.41. The summed E-state index contributed by atoms with van der Waals surface area (Å²) in [6.45, 7) is 9.44.